The predicted molar refractivity (Wildman–Crippen MR) is 85.5 cm³/mol. The highest BCUT2D eigenvalue weighted by molar-refractivity contribution is 5.68. The van der Waals surface area contributed by atoms with E-state index in [2.05, 4.69) is 17.3 Å². The Bertz CT molecular complexity index is 510. The summed E-state index contributed by atoms with van der Waals surface area (Å²) in [7, 11) is 1.95. The van der Waals surface area contributed by atoms with E-state index >= 15 is 0 Å². The first-order chi connectivity index (χ1) is 10.2. The Balaban J connectivity index is 1.83. The van der Waals surface area contributed by atoms with Crippen molar-refractivity contribution in [2.24, 2.45) is 7.05 Å². The fourth-order valence-corrected chi connectivity index (χ4v) is 2.56. The molecule has 0 atom stereocenters. The Morgan fingerprint density at radius 1 is 1.41 bits per heavy atom. The van der Waals surface area contributed by atoms with Gasteiger partial charge in [0.15, 0.2) is 0 Å². The summed E-state index contributed by atoms with van der Waals surface area (Å²) < 4.78 is 7.32. The van der Waals surface area contributed by atoms with Gasteiger partial charge in [0.2, 0.25) is 0 Å². The lowest BCUT2D eigenvalue weighted by atomic mass is 9.89. The molecule has 0 bridgehead atoms. The maximum atomic E-state index is 12.1. The van der Waals surface area contributed by atoms with Gasteiger partial charge in [0.05, 0.1) is 5.69 Å². The highest BCUT2D eigenvalue weighted by Crippen LogP contribution is 2.23. The molecule has 0 radical (unpaired) electrons. The van der Waals surface area contributed by atoms with Gasteiger partial charge in [0.25, 0.3) is 0 Å². The van der Waals surface area contributed by atoms with Crippen LogP contribution in [0.2, 0.25) is 0 Å². The van der Waals surface area contributed by atoms with Crippen molar-refractivity contribution in [2.45, 2.75) is 58.2 Å². The van der Waals surface area contributed by atoms with Gasteiger partial charge in [-0.2, -0.15) is 5.10 Å². The van der Waals surface area contributed by atoms with E-state index in [1.807, 2.05) is 44.8 Å². The number of hydrogen-bond donors (Lipinski definition) is 1. The van der Waals surface area contributed by atoms with Crippen LogP contribution in [0.1, 0.15) is 46.2 Å². The van der Waals surface area contributed by atoms with Crippen LogP contribution in [0.5, 0.6) is 0 Å². The monoisotopic (exact) mass is 308 g/mol. The van der Waals surface area contributed by atoms with Crippen LogP contribution in [0.3, 0.4) is 0 Å². The highest BCUT2D eigenvalue weighted by Gasteiger charge is 2.33. The van der Waals surface area contributed by atoms with Crippen LogP contribution in [0.25, 0.3) is 0 Å². The van der Waals surface area contributed by atoms with Gasteiger partial charge < -0.3 is 15.0 Å². The molecule has 2 heterocycles. The van der Waals surface area contributed by atoms with Crippen LogP contribution in [0.15, 0.2) is 12.3 Å². The molecule has 0 aliphatic carbocycles. The Morgan fingerprint density at radius 2 is 2.05 bits per heavy atom. The van der Waals surface area contributed by atoms with E-state index in [1.54, 1.807) is 4.90 Å². The van der Waals surface area contributed by atoms with Crippen LogP contribution >= 0.6 is 0 Å². The normalized spacial score (nSPS) is 18.3. The molecule has 1 saturated heterocycles. The Labute approximate surface area is 132 Å². The zero-order chi connectivity index (χ0) is 16.4. The third-order valence-corrected chi connectivity index (χ3v) is 4.14. The molecule has 0 saturated carbocycles. The number of hydrogen-bond acceptors (Lipinski definition) is 4. The number of nitrogens with one attached hydrogen (secondary N) is 1. The average molecular weight is 308 g/mol. The lowest BCUT2D eigenvalue weighted by molar-refractivity contribution is 0.0156. The van der Waals surface area contributed by atoms with E-state index in [0.29, 0.717) is 0 Å². The third kappa shape index (κ3) is 4.47. The van der Waals surface area contributed by atoms with E-state index in [0.717, 1.165) is 38.2 Å². The molecular weight excluding hydrogens is 280 g/mol. The summed E-state index contributed by atoms with van der Waals surface area (Å²) in [6.07, 6.45) is 3.44. The van der Waals surface area contributed by atoms with Crippen LogP contribution in [0, 0.1) is 0 Å². The maximum absolute atomic E-state index is 12.1. The van der Waals surface area contributed by atoms with E-state index in [9.17, 15) is 4.79 Å². The lowest BCUT2D eigenvalue weighted by Gasteiger charge is -2.40. The Hall–Kier alpha value is -1.56. The molecule has 6 nitrogen and oxygen atoms in total. The van der Waals surface area contributed by atoms with Crippen molar-refractivity contribution in [2.75, 3.05) is 13.1 Å². The number of amides is 1. The minimum absolute atomic E-state index is 0.0444. The minimum atomic E-state index is -0.435. The largest absolute Gasteiger partial charge is 0.444 e. The molecule has 1 aromatic rings. The van der Waals surface area contributed by atoms with Crippen molar-refractivity contribution in [3.05, 3.63) is 18.0 Å². The van der Waals surface area contributed by atoms with Gasteiger partial charge in [-0.3, -0.25) is 4.68 Å². The van der Waals surface area contributed by atoms with Crippen LogP contribution in [-0.2, 0) is 18.3 Å². The van der Waals surface area contributed by atoms with E-state index in [4.69, 9.17) is 4.74 Å². The number of aryl methyl sites for hydroxylation is 1. The van der Waals surface area contributed by atoms with Crippen molar-refractivity contribution < 1.29 is 9.53 Å². The summed E-state index contributed by atoms with van der Waals surface area (Å²) in [6, 6.07) is 2.02. The molecule has 1 N–H and O–H groups in total. The van der Waals surface area contributed by atoms with Gasteiger partial charge in [-0.1, -0.05) is 0 Å². The molecule has 1 aliphatic heterocycles. The van der Waals surface area contributed by atoms with Crippen LogP contribution < -0.4 is 5.32 Å². The highest BCUT2D eigenvalue weighted by atomic mass is 16.6. The minimum Gasteiger partial charge on any atom is -0.444 e. The van der Waals surface area contributed by atoms with Crippen molar-refractivity contribution in [1.82, 2.24) is 20.0 Å². The molecule has 0 aromatic carbocycles. The SMILES string of the molecule is Cn1nccc1CNC1(C)CCN(C(=O)OC(C)(C)C)CC1. The molecule has 22 heavy (non-hydrogen) atoms. The van der Waals surface area contributed by atoms with E-state index in [-0.39, 0.29) is 11.6 Å². The lowest BCUT2D eigenvalue weighted by Crippen LogP contribution is -2.53. The number of carbonyl (C=O) groups excluding carboxylic acids is 1. The fraction of sp³-hybridized carbons (Fsp3) is 0.750. The maximum Gasteiger partial charge on any atom is 0.410 e. The zero-order valence-corrected chi connectivity index (χ0v) is 14.3. The molecule has 2 rings (SSSR count). The summed E-state index contributed by atoms with van der Waals surface area (Å²) in [5.74, 6) is 0. The number of ether oxygens (including phenoxy) is 1. The van der Waals surface area contributed by atoms with Gasteiger partial charge in [0, 0.05) is 38.4 Å². The number of nitrogens with zero attached hydrogens (tertiary/aromatic N) is 3. The van der Waals surface area contributed by atoms with Crippen molar-refractivity contribution >= 4 is 6.09 Å². The molecule has 124 valence electrons. The van der Waals surface area contributed by atoms with Crippen molar-refractivity contribution in [3.8, 4) is 0 Å². The second-order valence-corrected chi connectivity index (χ2v) is 7.33. The molecule has 1 aliphatic rings. The molecule has 6 heteroatoms. The van der Waals surface area contributed by atoms with Gasteiger partial charge in [0.1, 0.15) is 5.60 Å². The first kappa shape index (κ1) is 16.8. The summed E-state index contributed by atoms with van der Waals surface area (Å²) >= 11 is 0. The number of carbonyl (C=O) groups is 1. The quantitative estimate of drug-likeness (QED) is 0.931. The molecule has 0 spiro atoms. The predicted octanol–water partition coefficient (Wildman–Crippen LogP) is 2.30. The fourth-order valence-electron chi connectivity index (χ4n) is 2.56. The Morgan fingerprint density at radius 3 is 2.55 bits per heavy atom. The Kier molecular flexibility index (Phi) is 4.80. The number of aromatic nitrogens is 2. The smallest absolute Gasteiger partial charge is 0.410 e. The molecule has 1 aromatic heterocycles. The molecule has 1 amide bonds. The number of piperidine rings is 1. The van der Waals surface area contributed by atoms with Gasteiger partial charge in [-0.25, -0.2) is 4.79 Å². The van der Waals surface area contributed by atoms with Gasteiger partial charge >= 0.3 is 6.09 Å². The molecule has 1 fully saturated rings. The molecular formula is C16H28N4O2. The third-order valence-electron chi connectivity index (χ3n) is 4.14. The topological polar surface area (TPSA) is 59.4 Å². The zero-order valence-electron chi connectivity index (χ0n) is 14.3. The number of rotatable bonds is 3. The first-order valence-electron chi connectivity index (χ1n) is 7.88. The second kappa shape index (κ2) is 6.28. The summed E-state index contributed by atoms with van der Waals surface area (Å²) in [4.78, 5) is 13.9. The second-order valence-electron chi connectivity index (χ2n) is 7.33. The van der Waals surface area contributed by atoms with Crippen LogP contribution in [0.4, 0.5) is 4.79 Å². The molecule has 0 unspecified atom stereocenters. The van der Waals surface area contributed by atoms with Crippen LogP contribution in [-0.4, -0.2) is 45.0 Å². The van der Waals surface area contributed by atoms with E-state index in [1.165, 1.54) is 0 Å². The van der Waals surface area contributed by atoms with Crippen molar-refractivity contribution in [3.63, 3.8) is 0 Å². The van der Waals surface area contributed by atoms with Gasteiger partial charge in [-0.15, -0.1) is 0 Å². The van der Waals surface area contributed by atoms with E-state index < -0.39 is 5.60 Å². The number of likely N-dealkylation sites (tertiary alicyclic amines) is 1. The first-order valence-corrected chi connectivity index (χ1v) is 7.88. The van der Waals surface area contributed by atoms with Crippen molar-refractivity contribution in [1.29, 1.82) is 0 Å². The average Bonchev–Trinajstić information content (AvgIpc) is 2.81. The summed E-state index contributed by atoms with van der Waals surface area (Å²) in [6.45, 7) is 10.2. The summed E-state index contributed by atoms with van der Waals surface area (Å²) in [5, 5.41) is 7.79. The standard InChI is InChI=1S/C16H28N4O2/c1-15(2,3)22-14(21)20-10-7-16(4,8-11-20)17-12-13-6-9-18-19(13)5/h6,9,17H,7-8,10-12H2,1-5H3. The summed E-state index contributed by atoms with van der Waals surface area (Å²) in [5.41, 5.74) is 0.772. The van der Waals surface area contributed by atoms with Gasteiger partial charge in [-0.05, 0) is 46.6 Å².